The Morgan fingerprint density at radius 1 is 1.03 bits per heavy atom. The lowest BCUT2D eigenvalue weighted by Crippen LogP contribution is -2.48. The van der Waals surface area contributed by atoms with Crippen LogP contribution in [-0.4, -0.2) is 49.1 Å². The summed E-state index contributed by atoms with van der Waals surface area (Å²) in [7, 11) is 1.62. The summed E-state index contributed by atoms with van der Waals surface area (Å²) in [5, 5.41) is 3.12. The molecule has 1 amide bonds. The van der Waals surface area contributed by atoms with E-state index in [1.807, 2.05) is 53.4 Å². The van der Waals surface area contributed by atoms with E-state index >= 15 is 0 Å². The third-order valence-electron chi connectivity index (χ3n) is 5.47. The lowest BCUT2D eigenvalue weighted by atomic mass is 10.0. The molecule has 4 aromatic rings. The van der Waals surface area contributed by atoms with Crippen molar-refractivity contribution in [3.63, 3.8) is 0 Å². The molecule has 152 valence electrons. The summed E-state index contributed by atoms with van der Waals surface area (Å²) in [6.45, 7) is 2.86. The molecular weight excluding hydrogens is 462 g/mol. The molecule has 3 aromatic carbocycles. The van der Waals surface area contributed by atoms with Gasteiger partial charge in [0.05, 0.1) is 22.9 Å². The van der Waals surface area contributed by atoms with Crippen LogP contribution in [0.25, 0.3) is 21.0 Å². The second-order valence-electron chi connectivity index (χ2n) is 7.29. The first-order valence-electron chi connectivity index (χ1n) is 9.79. The van der Waals surface area contributed by atoms with E-state index in [2.05, 4.69) is 26.9 Å². The number of anilines is 1. The Morgan fingerprint density at radius 2 is 1.77 bits per heavy atom. The highest BCUT2D eigenvalue weighted by atomic mass is 79.9. The number of benzene rings is 3. The van der Waals surface area contributed by atoms with Gasteiger partial charge in [0.1, 0.15) is 5.75 Å². The van der Waals surface area contributed by atoms with Crippen LogP contribution < -0.4 is 9.64 Å². The second kappa shape index (κ2) is 7.89. The fourth-order valence-electron chi connectivity index (χ4n) is 3.85. The Morgan fingerprint density at radius 3 is 2.50 bits per heavy atom. The minimum Gasteiger partial charge on any atom is -0.496 e. The number of carbonyl (C=O) groups is 1. The number of aromatic nitrogens is 1. The van der Waals surface area contributed by atoms with Gasteiger partial charge in [-0.05, 0) is 41.1 Å². The van der Waals surface area contributed by atoms with E-state index in [4.69, 9.17) is 9.72 Å². The molecule has 1 saturated heterocycles. The van der Waals surface area contributed by atoms with Crippen molar-refractivity contribution in [2.75, 3.05) is 38.2 Å². The monoisotopic (exact) mass is 481 g/mol. The number of halogens is 1. The molecule has 0 aliphatic carbocycles. The fourth-order valence-corrected chi connectivity index (χ4v) is 5.42. The van der Waals surface area contributed by atoms with Crippen molar-refractivity contribution >= 4 is 59.3 Å². The van der Waals surface area contributed by atoms with Gasteiger partial charge in [0.25, 0.3) is 5.91 Å². The number of nitrogens with zero attached hydrogens (tertiary/aromatic N) is 3. The number of methoxy groups -OCH3 is 1. The van der Waals surface area contributed by atoms with E-state index in [1.165, 1.54) is 4.70 Å². The molecular formula is C23H20BrN3O2S. The maximum absolute atomic E-state index is 13.3. The molecule has 5 nitrogen and oxygen atoms in total. The fraction of sp³-hybridized carbons (Fsp3) is 0.217. The number of thiazole rings is 1. The summed E-state index contributed by atoms with van der Waals surface area (Å²) in [6, 6.07) is 18.1. The summed E-state index contributed by atoms with van der Waals surface area (Å²) in [5.74, 6) is 0.642. The minimum absolute atomic E-state index is 0.0190. The average Bonchev–Trinajstić information content (AvgIpc) is 3.21. The van der Waals surface area contributed by atoms with Crippen LogP contribution in [0.4, 0.5) is 5.13 Å². The zero-order valence-electron chi connectivity index (χ0n) is 16.5. The lowest BCUT2D eigenvalue weighted by Gasteiger charge is -2.34. The van der Waals surface area contributed by atoms with Gasteiger partial charge >= 0.3 is 0 Å². The van der Waals surface area contributed by atoms with E-state index in [0.717, 1.165) is 39.0 Å². The van der Waals surface area contributed by atoms with Crippen LogP contribution in [0, 0.1) is 0 Å². The van der Waals surface area contributed by atoms with Gasteiger partial charge in [-0.25, -0.2) is 4.98 Å². The van der Waals surface area contributed by atoms with Crippen LogP contribution in [0.2, 0.25) is 0 Å². The predicted molar refractivity (Wildman–Crippen MR) is 126 cm³/mol. The van der Waals surface area contributed by atoms with Gasteiger partial charge in [-0.2, -0.15) is 0 Å². The number of rotatable bonds is 3. The van der Waals surface area contributed by atoms with Gasteiger partial charge < -0.3 is 14.5 Å². The third-order valence-corrected chi connectivity index (χ3v) is 7.05. The molecule has 1 fully saturated rings. The molecule has 1 aliphatic rings. The molecule has 0 bridgehead atoms. The van der Waals surface area contributed by atoms with Gasteiger partial charge in [0.2, 0.25) is 0 Å². The molecule has 0 radical (unpaired) electrons. The van der Waals surface area contributed by atoms with Crippen LogP contribution >= 0.6 is 27.3 Å². The van der Waals surface area contributed by atoms with Crippen LogP contribution in [0.3, 0.4) is 0 Å². The lowest BCUT2D eigenvalue weighted by molar-refractivity contribution is 0.0743. The quantitative estimate of drug-likeness (QED) is 0.404. The van der Waals surface area contributed by atoms with Gasteiger partial charge in [-0.3, -0.25) is 4.79 Å². The number of amides is 1. The van der Waals surface area contributed by atoms with E-state index in [-0.39, 0.29) is 5.91 Å². The Kier molecular flexibility index (Phi) is 5.08. The predicted octanol–water partition coefficient (Wildman–Crippen LogP) is 5.18. The molecule has 1 aromatic heterocycles. The van der Waals surface area contributed by atoms with Crippen molar-refractivity contribution in [1.29, 1.82) is 0 Å². The molecule has 0 saturated carbocycles. The van der Waals surface area contributed by atoms with Crippen molar-refractivity contribution < 1.29 is 9.53 Å². The van der Waals surface area contributed by atoms with E-state index in [0.29, 0.717) is 24.4 Å². The number of piperazine rings is 1. The van der Waals surface area contributed by atoms with Crippen molar-refractivity contribution in [3.8, 4) is 5.75 Å². The third kappa shape index (κ3) is 3.52. The molecule has 0 atom stereocenters. The molecule has 2 heterocycles. The van der Waals surface area contributed by atoms with Crippen LogP contribution in [0.15, 0.2) is 59.1 Å². The van der Waals surface area contributed by atoms with Crippen molar-refractivity contribution in [3.05, 3.63) is 64.6 Å². The highest BCUT2D eigenvalue weighted by molar-refractivity contribution is 9.10. The molecule has 5 rings (SSSR count). The molecule has 0 N–H and O–H groups in total. The summed E-state index contributed by atoms with van der Waals surface area (Å²) >= 11 is 5.21. The van der Waals surface area contributed by atoms with Crippen molar-refractivity contribution in [2.45, 2.75) is 0 Å². The summed E-state index contributed by atoms with van der Waals surface area (Å²) < 4.78 is 7.75. The maximum Gasteiger partial charge on any atom is 0.257 e. The maximum atomic E-state index is 13.3. The van der Waals surface area contributed by atoms with Gasteiger partial charge in [0, 0.05) is 30.7 Å². The van der Waals surface area contributed by atoms with E-state index < -0.39 is 0 Å². The average molecular weight is 482 g/mol. The van der Waals surface area contributed by atoms with Crippen molar-refractivity contribution in [1.82, 2.24) is 9.88 Å². The van der Waals surface area contributed by atoms with Crippen LogP contribution in [-0.2, 0) is 0 Å². The van der Waals surface area contributed by atoms with Gasteiger partial charge in [0.15, 0.2) is 5.13 Å². The highest BCUT2D eigenvalue weighted by Crippen LogP contribution is 2.32. The molecule has 30 heavy (non-hydrogen) atoms. The Balaban J connectivity index is 1.34. The van der Waals surface area contributed by atoms with Gasteiger partial charge in [-0.1, -0.05) is 51.5 Å². The first-order valence-corrected chi connectivity index (χ1v) is 11.4. The highest BCUT2D eigenvalue weighted by Gasteiger charge is 2.26. The molecule has 0 spiro atoms. The standard InChI is InChI=1S/C23H20BrN3O2S/c1-29-20-13-16-5-3-2-4-15(16)12-18(20)22(28)26-8-10-27(11-9-26)23-25-19-7-6-17(24)14-21(19)30-23/h2-7,12-14H,8-11H2,1H3. The summed E-state index contributed by atoms with van der Waals surface area (Å²) in [6.07, 6.45) is 0. The van der Waals surface area contributed by atoms with Crippen molar-refractivity contribution in [2.24, 2.45) is 0 Å². The normalized spacial score (nSPS) is 14.5. The Hall–Kier alpha value is -2.64. The zero-order valence-corrected chi connectivity index (χ0v) is 18.9. The second-order valence-corrected chi connectivity index (χ2v) is 9.21. The summed E-state index contributed by atoms with van der Waals surface area (Å²) in [5.41, 5.74) is 1.63. The molecule has 0 unspecified atom stereocenters. The van der Waals surface area contributed by atoms with Crippen LogP contribution in [0.1, 0.15) is 10.4 Å². The number of hydrogen-bond acceptors (Lipinski definition) is 5. The van der Waals surface area contributed by atoms with E-state index in [9.17, 15) is 4.79 Å². The number of ether oxygens (including phenoxy) is 1. The zero-order chi connectivity index (χ0) is 20.7. The Bertz CT molecular complexity index is 1250. The number of carbonyl (C=O) groups excluding carboxylic acids is 1. The first kappa shape index (κ1) is 19.3. The number of fused-ring (bicyclic) bond motifs is 2. The SMILES string of the molecule is COc1cc2ccccc2cc1C(=O)N1CCN(c2nc3ccc(Br)cc3s2)CC1. The van der Waals surface area contributed by atoms with E-state index in [1.54, 1.807) is 18.4 Å². The minimum atomic E-state index is 0.0190. The molecule has 1 aliphatic heterocycles. The van der Waals surface area contributed by atoms with Crippen LogP contribution in [0.5, 0.6) is 5.75 Å². The number of hydrogen-bond donors (Lipinski definition) is 0. The smallest absolute Gasteiger partial charge is 0.257 e. The topological polar surface area (TPSA) is 45.7 Å². The first-order chi connectivity index (χ1) is 14.6. The Labute approximate surface area is 187 Å². The largest absolute Gasteiger partial charge is 0.496 e. The molecule has 7 heteroatoms. The summed E-state index contributed by atoms with van der Waals surface area (Å²) in [4.78, 5) is 22.2. The van der Waals surface area contributed by atoms with Gasteiger partial charge in [-0.15, -0.1) is 0 Å².